The zero-order valence-electron chi connectivity index (χ0n) is 20.4. The Labute approximate surface area is 202 Å². The van der Waals surface area contributed by atoms with E-state index in [0.29, 0.717) is 18.0 Å². The van der Waals surface area contributed by atoms with Gasteiger partial charge in [-0.15, -0.1) is 0 Å². The molecule has 2 aromatic rings. The number of amides is 3. The Balaban J connectivity index is 1.46. The van der Waals surface area contributed by atoms with Crippen LogP contribution in [-0.2, 0) is 5.54 Å². The number of primary amides is 1. The van der Waals surface area contributed by atoms with Crippen LogP contribution in [0.4, 0.5) is 10.5 Å². The van der Waals surface area contributed by atoms with E-state index < -0.39 is 5.91 Å². The predicted molar refractivity (Wildman–Crippen MR) is 135 cm³/mol. The predicted octanol–water partition coefficient (Wildman–Crippen LogP) is 4.60. The summed E-state index contributed by atoms with van der Waals surface area (Å²) in [6, 6.07) is 18.1. The molecule has 0 aromatic heterocycles. The minimum absolute atomic E-state index is 0.0169. The van der Waals surface area contributed by atoms with E-state index in [1.807, 2.05) is 17.0 Å². The number of nitrogens with two attached hydrogens (primary N) is 1. The van der Waals surface area contributed by atoms with Crippen molar-refractivity contribution >= 4 is 17.6 Å². The average Bonchev–Trinajstić information content (AvgIpc) is 3.08. The maximum atomic E-state index is 13.8. The van der Waals surface area contributed by atoms with Gasteiger partial charge in [-0.25, -0.2) is 4.79 Å². The lowest BCUT2D eigenvalue weighted by Gasteiger charge is -2.51. The molecule has 2 saturated carbocycles. The molecule has 0 bridgehead atoms. The molecule has 1 aliphatic heterocycles. The van der Waals surface area contributed by atoms with E-state index in [2.05, 4.69) is 54.2 Å². The summed E-state index contributed by atoms with van der Waals surface area (Å²) in [5.41, 5.74) is 7.90. The molecule has 6 heteroatoms. The topological polar surface area (TPSA) is 69.9 Å². The molecule has 2 aromatic carbocycles. The highest BCUT2D eigenvalue weighted by Crippen LogP contribution is 2.50. The Kier molecular flexibility index (Phi) is 5.88. The number of carbonyl (C=O) groups is 2. The molecule has 0 radical (unpaired) electrons. The average molecular weight is 461 g/mol. The van der Waals surface area contributed by atoms with Gasteiger partial charge < -0.3 is 10.6 Å². The summed E-state index contributed by atoms with van der Waals surface area (Å²) in [5, 5.41) is 0. The van der Waals surface area contributed by atoms with Crippen molar-refractivity contribution in [3.8, 4) is 0 Å². The highest BCUT2D eigenvalue weighted by molar-refractivity contribution is 5.98. The monoisotopic (exact) mass is 460 g/mol. The molecule has 1 saturated heterocycles. The molecule has 1 spiro atoms. The minimum atomic E-state index is -0.467. The van der Waals surface area contributed by atoms with Gasteiger partial charge in [-0.05, 0) is 82.3 Å². The second kappa shape index (κ2) is 8.73. The van der Waals surface area contributed by atoms with E-state index in [1.165, 1.54) is 24.8 Å². The highest BCUT2D eigenvalue weighted by Gasteiger charge is 2.55. The maximum Gasteiger partial charge on any atom is 0.325 e. The van der Waals surface area contributed by atoms with Crippen molar-refractivity contribution in [2.45, 2.75) is 56.0 Å². The molecule has 180 valence electrons. The minimum Gasteiger partial charge on any atom is -0.366 e. The van der Waals surface area contributed by atoms with Gasteiger partial charge in [-0.2, -0.15) is 0 Å². The molecule has 6 nitrogen and oxygen atoms in total. The van der Waals surface area contributed by atoms with Crippen LogP contribution < -0.4 is 10.6 Å². The van der Waals surface area contributed by atoms with Gasteiger partial charge in [0.15, 0.2) is 0 Å². The van der Waals surface area contributed by atoms with E-state index in [0.717, 1.165) is 37.9 Å². The summed E-state index contributed by atoms with van der Waals surface area (Å²) in [6.45, 7) is 1.50. The Morgan fingerprint density at radius 2 is 1.74 bits per heavy atom. The van der Waals surface area contributed by atoms with Crippen LogP contribution in [-0.4, -0.2) is 54.5 Å². The Hall–Kier alpha value is -2.86. The molecule has 3 amide bonds. The van der Waals surface area contributed by atoms with E-state index in [9.17, 15) is 9.59 Å². The Bertz CT molecular complexity index is 1060. The molecular formula is C28H36N4O2. The number of hydrogen-bond donors (Lipinski definition) is 1. The van der Waals surface area contributed by atoms with Crippen LogP contribution in [0.25, 0.3) is 0 Å². The van der Waals surface area contributed by atoms with Crippen LogP contribution in [0.15, 0.2) is 54.6 Å². The molecule has 3 aliphatic rings. The molecule has 2 aliphatic carbocycles. The third kappa shape index (κ3) is 3.78. The van der Waals surface area contributed by atoms with Gasteiger partial charge in [-0.1, -0.05) is 42.8 Å². The van der Waals surface area contributed by atoms with Gasteiger partial charge in [0.1, 0.15) is 0 Å². The van der Waals surface area contributed by atoms with E-state index in [-0.39, 0.29) is 17.1 Å². The van der Waals surface area contributed by atoms with Crippen LogP contribution >= 0.6 is 0 Å². The van der Waals surface area contributed by atoms with Crippen molar-refractivity contribution in [3.63, 3.8) is 0 Å². The van der Waals surface area contributed by atoms with Gasteiger partial charge in [0.2, 0.25) is 5.91 Å². The van der Waals surface area contributed by atoms with E-state index >= 15 is 0 Å². The number of benzene rings is 2. The maximum absolute atomic E-state index is 13.8. The number of carbonyl (C=O) groups excluding carboxylic acids is 2. The lowest BCUT2D eigenvalue weighted by Crippen LogP contribution is -2.56. The molecule has 0 unspecified atom stereocenters. The first-order valence-electron chi connectivity index (χ1n) is 12.6. The molecular weight excluding hydrogens is 424 g/mol. The number of anilines is 1. The molecule has 0 atom stereocenters. The second-order valence-electron chi connectivity index (χ2n) is 10.7. The fourth-order valence-corrected chi connectivity index (χ4v) is 6.33. The SMILES string of the molecule is CN(C)C1(c2ccccc2)CCC2(CC1)CN(c1cccc(C(N)=O)c1)C(=O)N2CC1CCC1. The van der Waals surface area contributed by atoms with Crippen molar-refractivity contribution in [1.82, 2.24) is 9.80 Å². The number of rotatable bonds is 6. The van der Waals surface area contributed by atoms with Crippen LogP contribution in [0.1, 0.15) is 60.9 Å². The zero-order valence-corrected chi connectivity index (χ0v) is 20.4. The molecule has 1 heterocycles. The van der Waals surface area contributed by atoms with Gasteiger partial charge in [0.25, 0.3) is 0 Å². The van der Waals surface area contributed by atoms with Gasteiger partial charge in [-0.3, -0.25) is 14.6 Å². The van der Waals surface area contributed by atoms with Crippen molar-refractivity contribution in [2.75, 3.05) is 32.1 Å². The largest absolute Gasteiger partial charge is 0.366 e. The normalized spacial score (nSPS) is 27.4. The molecule has 5 rings (SSSR count). The molecule has 2 N–H and O–H groups in total. The third-order valence-corrected chi connectivity index (χ3v) is 8.77. The van der Waals surface area contributed by atoms with Crippen molar-refractivity contribution in [1.29, 1.82) is 0 Å². The van der Waals surface area contributed by atoms with Gasteiger partial charge in [0, 0.05) is 23.3 Å². The fraction of sp³-hybridized carbons (Fsp3) is 0.500. The summed E-state index contributed by atoms with van der Waals surface area (Å²) in [7, 11) is 4.36. The van der Waals surface area contributed by atoms with Crippen molar-refractivity contribution in [2.24, 2.45) is 11.7 Å². The van der Waals surface area contributed by atoms with Crippen molar-refractivity contribution < 1.29 is 9.59 Å². The lowest BCUT2D eigenvalue weighted by atomic mass is 9.68. The first-order valence-corrected chi connectivity index (χ1v) is 12.6. The van der Waals surface area contributed by atoms with E-state index in [1.54, 1.807) is 12.1 Å². The summed E-state index contributed by atoms with van der Waals surface area (Å²) in [5.74, 6) is 0.137. The fourth-order valence-electron chi connectivity index (χ4n) is 6.33. The number of urea groups is 1. The first-order chi connectivity index (χ1) is 16.3. The summed E-state index contributed by atoms with van der Waals surface area (Å²) in [4.78, 5) is 32.1. The lowest BCUT2D eigenvalue weighted by molar-refractivity contribution is 0.0172. The summed E-state index contributed by atoms with van der Waals surface area (Å²) >= 11 is 0. The quantitative estimate of drug-likeness (QED) is 0.685. The Morgan fingerprint density at radius 3 is 2.32 bits per heavy atom. The zero-order chi connectivity index (χ0) is 23.9. The van der Waals surface area contributed by atoms with Gasteiger partial charge in [0.05, 0.1) is 12.1 Å². The number of nitrogens with zero attached hydrogens (tertiary/aromatic N) is 3. The standard InChI is InChI=1S/C28H36N4O2/c1-30(2)28(23-11-4-3-5-12-23)16-14-27(15-17-28)20-31(24-13-7-10-22(18-24)25(29)33)26(34)32(27)19-21-8-6-9-21/h3-5,7,10-13,18,21H,6,8-9,14-17,19-20H2,1-2H3,(H2,29,33). The second-order valence-corrected chi connectivity index (χ2v) is 10.7. The Morgan fingerprint density at radius 1 is 1.03 bits per heavy atom. The summed E-state index contributed by atoms with van der Waals surface area (Å²) in [6.07, 6.45) is 7.63. The third-order valence-electron chi connectivity index (χ3n) is 8.77. The van der Waals surface area contributed by atoms with Crippen LogP contribution in [0.5, 0.6) is 0 Å². The van der Waals surface area contributed by atoms with Gasteiger partial charge >= 0.3 is 6.03 Å². The van der Waals surface area contributed by atoms with Crippen LogP contribution in [0, 0.1) is 5.92 Å². The first kappa shape index (κ1) is 22.9. The highest BCUT2D eigenvalue weighted by atomic mass is 16.2. The smallest absolute Gasteiger partial charge is 0.325 e. The summed E-state index contributed by atoms with van der Waals surface area (Å²) < 4.78 is 0. The van der Waals surface area contributed by atoms with Crippen LogP contribution in [0.3, 0.4) is 0 Å². The van der Waals surface area contributed by atoms with Crippen molar-refractivity contribution in [3.05, 3.63) is 65.7 Å². The van der Waals surface area contributed by atoms with Crippen LogP contribution in [0.2, 0.25) is 0 Å². The number of hydrogen-bond acceptors (Lipinski definition) is 3. The van der Waals surface area contributed by atoms with E-state index in [4.69, 9.17) is 5.73 Å². The molecule has 3 fully saturated rings. The molecule has 34 heavy (non-hydrogen) atoms.